The molecule has 0 unspecified atom stereocenters. The second-order valence-electron chi connectivity index (χ2n) is 5.41. The van der Waals surface area contributed by atoms with Crippen LogP contribution in [0.2, 0.25) is 0 Å². The first-order valence-electron chi connectivity index (χ1n) is 8.19. The number of rotatable bonds is 5. The minimum atomic E-state index is -0.636. The number of benzene rings is 2. The summed E-state index contributed by atoms with van der Waals surface area (Å²) in [6, 6.07) is 21.6. The van der Waals surface area contributed by atoms with Crippen LogP contribution in [0.25, 0.3) is 11.1 Å². The first kappa shape index (κ1) is 17.4. The number of carbonyl (C=O) groups excluding carboxylic acids is 2. The number of carbonyl (C=O) groups is 2. The molecule has 5 nitrogen and oxygen atoms in total. The van der Waals surface area contributed by atoms with Crippen molar-refractivity contribution < 1.29 is 19.1 Å². The summed E-state index contributed by atoms with van der Waals surface area (Å²) >= 11 is 0. The fourth-order valence-corrected chi connectivity index (χ4v) is 2.37. The normalized spacial score (nSPS) is 10.2. The third kappa shape index (κ3) is 4.13. The van der Waals surface area contributed by atoms with Crippen LogP contribution >= 0.6 is 0 Å². The lowest BCUT2D eigenvalue weighted by atomic mass is 10.1. The van der Waals surface area contributed by atoms with E-state index in [-0.39, 0.29) is 18.0 Å². The summed E-state index contributed by atoms with van der Waals surface area (Å²) in [7, 11) is 0. The molecule has 0 saturated carbocycles. The van der Waals surface area contributed by atoms with Gasteiger partial charge < -0.3 is 9.47 Å². The number of aromatic nitrogens is 1. The second-order valence-corrected chi connectivity index (χ2v) is 5.41. The third-order valence-electron chi connectivity index (χ3n) is 3.61. The van der Waals surface area contributed by atoms with Gasteiger partial charge in [-0.1, -0.05) is 48.5 Å². The molecule has 0 aliphatic rings. The molecule has 1 aromatic heterocycles. The fraction of sp³-hybridized carbons (Fsp3) is 0.0952. The van der Waals surface area contributed by atoms with Crippen LogP contribution in [-0.4, -0.2) is 23.5 Å². The summed E-state index contributed by atoms with van der Waals surface area (Å²) in [4.78, 5) is 28.0. The van der Waals surface area contributed by atoms with Crippen molar-refractivity contribution in [2.75, 3.05) is 6.61 Å². The number of pyridine rings is 1. The number of nitrogens with zero attached hydrogens (tertiary/aromatic N) is 1. The molecule has 0 amide bonds. The Morgan fingerprint density at radius 3 is 2.04 bits per heavy atom. The van der Waals surface area contributed by atoms with Gasteiger partial charge in [-0.2, -0.15) is 0 Å². The van der Waals surface area contributed by atoms with Gasteiger partial charge in [-0.05, 0) is 42.3 Å². The number of hydrogen-bond acceptors (Lipinski definition) is 5. The summed E-state index contributed by atoms with van der Waals surface area (Å²) in [5.41, 5.74) is 2.21. The molecule has 26 heavy (non-hydrogen) atoms. The summed E-state index contributed by atoms with van der Waals surface area (Å²) in [5, 5.41) is 0. The van der Waals surface area contributed by atoms with Gasteiger partial charge in [0, 0.05) is 0 Å². The highest BCUT2D eigenvalue weighted by Gasteiger charge is 2.15. The Morgan fingerprint density at radius 2 is 1.38 bits per heavy atom. The minimum Gasteiger partial charge on any atom is -0.461 e. The van der Waals surface area contributed by atoms with Gasteiger partial charge >= 0.3 is 11.9 Å². The Balaban J connectivity index is 1.72. The van der Waals surface area contributed by atoms with Crippen molar-refractivity contribution >= 4 is 11.9 Å². The van der Waals surface area contributed by atoms with Crippen LogP contribution < -0.4 is 4.74 Å². The van der Waals surface area contributed by atoms with E-state index in [1.165, 1.54) is 12.1 Å². The number of ether oxygens (including phenoxy) is 2. The molecule has 3 aromatic rings. The van der Waals surface area contributed by atoms with Crippen LogP contribution in [0.4, 0.5) is 0 Å². The van der Waals surface area contributed by atoms with E-state index in [1.807, 2.05) is 42.5 Å². The van der Waals surface area contributed by atoms with Crippen molar-refractivity contribution in [1.82, 2.24) is 4.98 Å². The Kier molecular flexibility index (Phi) is 5.39. The molecule has 0 bridgehead atoms. The molecule has 0 fully saturated rings. The molecule has 1 heterocycles. The SMILES string of the molecule is CCOC(=O)c1cccc(C(=O)Oc2ccc(-c3ccccc3)cc2)n1. The van der Waals surface area contributed by atoms with E-state index in [1.54, 1.807) is 25.1 Å². The van der Waals surface area contributed by atoms with Crippen LogP contribution in [0.5, 0.6) is 5.75 Å². The molecular formula is C21H17NO4. The van der Waals surface area contributed by atoms with Crippen molar-refractivity contribution in [3.05, 3.63) is 84.2 Å². The molecule has 0 aliphatic carbocycles. The molecule has 5 heteroatoms. The molecule has 0 radical (unpaired) electrons. The van der Waals surface area contributed by atoms with Crippen LogP contribution in [0.15, 0.2) is 72.8 Å². The molecule has 0 aliphatic heterocycles. The number of esters is 2. The molecule has 130 valence electrons. The lowest BCUT2D eigenvalue weighted by Gasteiger charge is -2.07. The molecule has 3 rings (SSSR count). The topological polar surface area (TPSA) is 65.5 Å². The maximum atomic E-state index is 12.3. The van der Waals surface area contributed by atoms with Gasteiger partial charge in [0.2, 0.25) is 0 Å². The van der Waals surface area contributed by atoms with Gasteiger partial charge in [0.1, 0.15) is 17.1 Å². The van der Waals surface area contributed by atoms with E-state index in [0.717, 1.165) is 11.1 Å². The van der Waals surface area contributed by atoms with Crippen LogP contribution in [-0.2, 0) is 4.74 Å². The van der Waals surface area contributed by atoms with E-state index in [2.05, 4.69) is 4.98 Å². The zero-order chi connectivity index (χ0) is 18.4. The molecule has 0 spiro atoms. The smallest absolute Gasteiger partial charge is 0.362 e. The van der Waals surface area contributed by atoms with Gasteiger partial charge in [-0.25, -0.2) is 14.6 Å². The van der Waals surface area contributed by atoms with E-state index < -0.39 is 11.9 Å². The standard InChI is InChI=1S/C21H17NO4/c1-2-25-20(23)18-9-6-10-19(22-18)21(24)26-17-13-11-16(12-14-17)15-7-4-3-5-8-15/h3-14H,2H2,1H3. The summed E-state index contributed by atoms with van der Waals surface area (Å²) < 4.78 is 10.2. The quantitative estimate of drug-likeness (QED) is 0.512. The van der Waals surface area contributed by atoms with Gasteiger partial charge in [0.25, 0.3) is 0 Å². The Hall–Kier alpha value is -3.47. The number of hydrogen-bond donors (Lipinski definition) is 0. The summed E-state index contributed by atoms with van der Waals surface area (Å²) in [6.45, 7) is 1.94. The second kappa shape index (κ2) is 8.07. The highest BCUT2D eigenvalue weighted by atomic mass is 16.5. The van der Waals surface area contributed by atoms with Gasteiger partial charge in [-0.15, -0.1) is 0 Å². The third-order valence-corrected chi connectivity index (χ3v) is 3.61. The minimum absolute atomic E-state index is 0.0442. The van der Waals surface area contributed by atoms with Gasteiger partial charge in [0.15, 0.2) is 0 Å². The first-order chi connectivity index (χ1) is 12.7. The van der Waals surface area contributed by atoms with Crippen molar-refractivity contribution in [3.63, 3.8) is 0 Å². The van der Waals surface area contributed by atoms with E-state index >= 15 is 0 Å². The maximum Gasteiger partial charge on any atom is 0.362 e. The lowest BCUT2D eigenvalue weighted by molar-refractivity contribution is 0.0519. The maximum absolute atomic E-state index is 12.3. The van der Waals surface area contributed by atoms with Crippen LogP contribution in [0.1, 0.15) is 27.9 Å². The van der Waals surface area contributed by atoms with Gasteiger partial charge in [0.05, 0.1) is 6.61 Å². The molecule has 0 atom stereocenters. The zero-order valence-electron chi connectivity index (χ0n) is 14.2. The molecule has 0 N–H and O–H groups in total. The van der Waals surface area contributed by atoms with Gasteiger partial charge in [-0.3, -0.25) is 0 Å². The average Bonchev–Trinajstić information content (AvgIpc) is 2.69. The van der Waals surface area contributed by atoms with E-state index in [9.17, 15) is 9.59 Å². The Morgan fingerprint density at radius 1 is 0.769 bits per heavy atom. The van der Waals surface area contributed by atoms with Crippen molar-refractivity contribution in [1.29, 1.82) is 0 Å². The van der Waals surface area contributed by atoms with E-state index in [4.69, 9.17) is 9.47 Å². The highest BCUT2D eigenvalue weighted by molar-refractivity contribution is 5.92. The predicted octanol–water partition coefficient (Wildman–Crippen LogP) is 4.14. The van der Waals surface area contributed by atoms with Crippen LogP contribution in [0.3, 0.4) is 0 Å². The largest absolute Gasteiger partial charge is 0.461 e. The van der Waals surface area contributed by atoms with E-state index in [0.29, 0.717) is 5.75 Å². The molecule has 0 saturated heterocycles. The van der Waals surface area contributed by atoms with Crippen molar-refractivity contribution in [2.24, 2.45) is 0 Å². The summed E-state index contributed by atoms with van der Waals surface area (Å²) in [6.07, 6.45) is 0. The lowest BCUT2D eigenvalue weighted by Crippen LogP contribution is -2.14. The molecule has 2 aromatic carbocycles. The Bertz CT molecular complexity index is 905. The highest BCUT2D eigenvalue weighted by Crippen LogP contribution is 2.22. The Labute approximate surface area is 151 Å². The van der Waals surface area contributed by atoms with Crippen molar-refractivity contribution in [2.45, 2.75) is 6.92 Å². The average molecular weight is 347 g/mol. The monoisotopic (exact) mass is 347 g/mol. The predicted molar refractivity (Wildman–Crippen MR) is 97.0 cm³/mol. The molecular weight excluding hydrogens is 330 g/mol. The fourth-order valence-electron chi connectivity index (χ4n) is 2.37. The van der Waals surface area contributed by atoms with Crippen molar-refractivity contribution in [3.8, 4) is 16.9 Å². The van der Waals surface area contributed by atoms with Crippen LogP contribution in [0, 0.1) is 0 Å². The zero-order valence-corrected chi connectivity index (χ0v) is 14.2. The summed E-state index contributed by atoms with van der Waals surface area (Å²) in [5.74, 6) is -0.809. The first-order valence-corrected chi connectivity index (χ1v) is 8.19.